The Morgan fingerprint density at radius 1 is 1.40 bits per heavy atom. The van der Waals surface area contributed by atoms with Crippen LogP contribution in [0.3, 0.4) is 0 Å². The highest BCUT2D eigenvalue weighted by Gasteiger charge is 2.29. The van der Waals surface area contributed by atoms with Gasteiger partial charge < -0.3 is 10.6 Å². The van der Waals surface area contributed by atoms with Crippen molar-refractivity contribution in [3.63, 3.8) is 0 Å². The Kier molecular flexibility index (Phi) is 3.01. The summed E-state index contributed by atoms with van der Waals surface area (Å²) in [5, 5.41) is 0. The Labute approximate surface area is 84.9 Å². The van der Waals surface area contributed by atoms with E-state index in [4.69, 9.17) is 5.73 Å². The summed E-state index contributed by atoms with van der Waals surface area (Å²) in [6.45, 7) is 0.575. The number of anilines is 2. The first-order valence-corrected chi connectivity index (χ1v) is 4.17. The monoisotopic (exact) mass is 220 g/mol. The SMILES string of the molecule is Cc1cc(N(C)CC(F)(F)F)nc(N)n1. The van der Waals surface area contributed by atoms with Gasteiger partial charge in [0.25, 0.3) is 0 Å². The fourth-order valence-electron chi connectivity index (χ4n) is 1.12. The maximum atomic E-state index is 12.1. The Bertz CT molecular complexity index is 330. The number of alkyl halides is 3. The zero-order chi connectivity index (χ0) is 11.6. The van der Waals surface area contributed by atoms with E-state index in [1.165, 1.54) is 13.1 Å². The summed E-state index contributed by atoms with van der Waals surface area (Å²) in [4.78, 5) is 8.46. The second-order valence-corrected chi connectivity index (χ2v) is 3.20. The van der Waals surface area contributed by atoms with Crippen molar-refractivity contribution in [2.75, 3.05) is 24.2 Å². The van der Waals surface area contributed by atoms with Gasteiger partial charge in [0.05, 0.1) is 0 Å². The Morgan fingerprint density at radius 2 is 2.00 bits per heavy atom. The van der Waals surface area contributed by atoms with Crippen LogP contribution in [0.15, 0.2) is 6.07 Å². The molecule has 1 aromatic heterocycles. The van der Waals surface area contributed by atoms with Crippen molar-refractivity contribution in [1.82, 2.24) is 9.97 Å². The number of nitrogens with zero attached hydrogens (tertiary/aromatic N) is 3. The topological polar surface area (TPSA) is 55.0 Å². The fraction of sp³-hybridized carbons (Fsp3) is 0.500. The summed E-state index contributed by atoms with van der Waals surface area (Å²) in [6.07, 6.45) is -4.26. The van der Waals surface area contributed by atoms with Crippen LogP contribution in [0.1, 0.15) is 5.69 Å². The molecular formula is C8H11F3N4. The van der Waals surface area contributed by atoms with Crippen molar-refractivity contribution >= 4 is 11.8 Å². The van der Waals surface area contributed by atoms with E-state index in [1.54, 1.807) is 6.92 Å². The molecule has 0 saturated carbocycles. The second kappa shape index (κ2) is 3.92. The van der Waals surface area contributed by atoms with Crippen LogP contribution in [0.5, 0.6) is 0 Å². The molecule has 0 aliphatic heterocycles. The maximum absolute atomic E-state index is 12.1. The van der Waals surface area contributed by atoms with Crippen molar-refractivity contribution in [3.8, 4) is 0 Å². The highest BCUT2D eigenvalue weighted by molar-refractivity contribution is 5.42. The van der Waals surface area contributed by atoms with Crippen LogP contribution >= 0.6 is 0 Å². The maximum Gasteiger partial charge on any atom is 0.405 e. The van der Waals surface area contributed by atoms with Gasteiger partial charge in [-0.25, -0.2) is 4.98 Å². The lowest BCUT2D eigenvalue weighted by atomic mass is 10.4. The van der Waals surface area contributed by atoms with Crippen molar-refractivity contribution in [3.05, 3.63) is 11.8 Å². The molecule has 0 unspecified atom stereocenters. The van der Waals surface area contributed by atoms with E-state index in [2.05, 4.69) is 9.97 Å². The van der Waals surface area contributed by atoms with Gasteiger partial charge in [0.1, 0.15) is 12.4 Å². The molecule has 0 spiro atoms. The minimum absolute atomic E-state index is 0.0287. The van der Waals surface area contributed by atoms with Gasteiger partial charge in [-0.05, 0) is 6.92 Å². The van der Waals surface area contributed by atoms with E-state index in [0.717, 1.165) is 4.90 Å². The lowest BCUT2D eigenvalue weighted by molar-refractivity contribution is -0.119. The average Bonchev–Trinajstić information content (AvgIpc) is 1.98. The highest BCUT2D eigenvalue weighted by Crippen LogP contribution is 2.20. The molecule has 0 aliphatic rings. The molecule has 2 N–H and O–H groups in total. The molecule has 15 heavy (non-hydrogen) atoms. The van der Waals surface area contributed by atoms with Gasteiger partial charge in [-0.1, -0.05) is 0 Å². The van der Waals surface area contributed by atoms with Gasteiger partial charge in [-0.2, -0.15) is 18.2 Å². The number of aromatic nitrogens is 2. The third-order valence-corrected chi connectivity index (χ3v) is 1.67. The van der Waals surface area contributed by atoms with Gasteiger partial charge in [0.15, 0.2) is 0 Å². The van der Waals surface area contributed by atoms with E-state index < -0.39 is 12.7 Å². The summed E-state index contributed by atoms with van der Waals surface area (Å²) in [6, 6.07) is 1.45. The molecule has 0 bridgehead atoms. The van der Waals surface area contributed by atoms with Crippen LogP contribution in [0.4, 0.5) is 24.9 Å². The molecule has 0 radical (unpaired) electrons. The first kappa shape index (κ1) is 11.5. The molecule has 0 atom stereocenters. The number of hydrogen-bond donors (Lipinski definition) is 1. The molecule has 0 aliphatic carbocycles. The molecule has 0 fully saturated rings. The third-order valence-electron chi connectivity index (χ3n) is 1.67. The summed E-state index contributed by atoms with van der Waals surface area (Å²) in [7, 11) is 1.30. The second-order valence-electron chi connectivity index (χ2n) is 3.20. The van der Waals surface area contributed by atoms with Crippen LogP contribution in [0, 0.1) is 6.92 Å². The molecule has 0 saturated heterocycles. The van der Waals surface area contributed by atoms with E-state index in [1.807, 2.05) is 0 Å². The van der Waals surface area contributed by atoms with E-state index in [-0.39, 0.29) is 11.8 Å². The van der Waals surface area contributed by atoms with Gasteiger partial charge >= 0.3 is 6.18 Å². The van der Waals surface area contributed by atoms with Crippen molar-refractivity contribution in [2.45, 2.75) is 13.1 Å². The zero-order valence-corrected chi connectivity index (χ0v) is 8.34. The van der Waals surface area contributed by atoms with E-state index in [9.17, 15) is 13.2 Å². The lowest BCUT2D eigenvalue weighted by Crippen LogP contribution is -2.31. The number of hydrogen-bond acceptors (Lipinski definition) is 4. The summed E-state index contributed by atoms with van der Waals surface area (Å²) in [5.74, 6) is 0.136. The van der Waals surface area contributed by atoms with E-state index >= 15 is 0 Å². The van der Waals surface area contributed by atoms with Crippen LogP contribution in [-0.4, -0.2) is 29.7 Å². The summed E-state index contributed by atoms with van der Waals surface area (Å²) in [5.41, 5.74) is 5.86. The van der Waals surface area contributed by atoms with Gasteiger partial charge in [0.2, 0.25) is 5.95 Å². The van der Waals surface area contributed by atoms with Gasteiger partial charge in [0, 0.05) is 18.8 Å². The molecule has 1 rings (SSSR count). The summed E-state index contributed by atoms with van der Waals surface area (Å²) >= 11 is 0. The predicted molar refractivity (Wildman–Crippen MR) is 50.5 cm³/mol. The fourth-order valence-corrected chi connectivity index (χ4v) is 1.12. The van der Waals surface area contributed by atoms with E-state index in [0.29, 0.717) is 5.69 Å². The average molecular weight is 220 g/mol. The predicted octanol–water partition coefficient (Wildman–Crippen LogP) is 1.37. The molecule has 0 amide bonds. The molecule has 0 aromatic carbocycles. The summed E-state index contributed by atoms with van der Waals surface area (Å²) < 4.78 is 36.2. The number of halogens is 3. The van der Waals surface area contributed by atoms with Crippen molar-refractivity contribution in [2.24, 2.45) is 0 Å². The molecule has 84 valence electrons. The van der Waals surface area contributed by atoms with Crippen molar-refractivity contribution < 1.29 is 13.2 Å². The standard InChI is InChI=1S/C8H11F3N4/c1-5-3-6(14-7(12)13-5)15(2)4-8(9,10)11/h3H,4H2,1-2H3,(H2,12,13,14). The third kappa shape index (κ3) is 3.61. The Balaban J connectivity index is 2.86. The quantitative estimate of drug-likeness (QED) is 0.817. The van der Waals surface area contributed by atoms with Crippen molar-refractivity contribution in [1.29, 1.82) is 0 Å². The smallest absolute Gasteiger partial charge is 0.368 e. The number of rotatable bonds is 2. The minimum Gasteiger partial charge on any atom is -0.368 e. The van der Waals surface area contributed by atoms with Gasteiger partial charge in [-0.3, -0.25) is 0 Å². The lowest BCUT2D eigenvalue weighted by Gasteiger charge is -2.20. The first-order valence-electron chi connectivity index (χ1n) is 4.17. The number of nitrogens with two attached hydrogens (primary N) is 1. The minimum atomic E-state index is -4.26. The zero-order valence-electron chi connectivity index (χ0n) is 8.34. The molecular weight excluding hydrogens is 209 g/mol. The molecule has 4 nitrogen and oxygen atoms in total. The number of aryl methyl sites for hydroxylation is 1. The molecule has 7 heteroatoms. The van der Waals surface area contributed by atoms with Crippen LogP contribution in [0.2, 0.25) is 0 Å². The normalized spacial score (nSPS) is 11.5. The molecule has 1 aromatic rings. The largest absolute Gasteiger partial charge is 0.405 e. The highest BCUT2D eigenvalue weighted by atomic mass is 19.4. The van der Waals surface area contributed by atoms with Crippen LogP contribution in [-0.2, 0) is 0 Å². The number of nitrogen functional groups attached to an aromatic ring is 1. The Morgan fingerprint density at radius 3 is 2.47 bits per heavy atom. The van der Waals surface area contributed by atoms with Crippen LogP contribution in [0.25, 0.3) is 0 Å². The van der Waals surface area contributed by atoms with Crippen LogP contribution < -0.4 is 10.6 Å². The van der Waals surface area contributed by atoms with Gasteiger partial charge in [-0.15, -0.1) is 0 Å². The molecule has 1 heterocycles. The Hall–Kier alpha value is -1.53. The first-order chi connectivity index (χ1) is 6.78.